The van der Waals surface area contributed by atoms with Crippen molar-refractivity contribution in [2.24, 2.45) is 0 Å². The highest BCUT2D eigenvalue weighted by molar-refractivity contribution is 9.11. The standard InChI is InChI=1S/C19H23BrN4O2S/c1-13(23-19(26)15-7-8-16(20)27-15)18(25)22-12-14-6-5-9-21-17(14)24-10-3-2-4-11-24/h5-9,13H,2-4,10-12H2,1H3,(H,22,25)(H,23,26). The summed E-state index contributed by atoms with van der Waals surface area (Å²) in [6.45, 7) is 4.08. The number of thiophene rings is 1. The molecular formula is C19H23BrN4O2S. The molecule has 0 spiro atoms. The molecule has 0 radical (unpaired) electrons. The lowest BCUT2D eigenvalue weighted by Crippen LogP contribution is -2.44. The smallest absolute Gasteiger partial charge is 0.262 e. The lowest BCUT2D eigenvalue weighted by atomic mass is 10.1. The number of carbonyl (C=O) groups is 2. The Morgan fingerprint density at radius 3 is 2.74 bits per heavy atom. The Hall–Kier alpha value is -1.93. The van der Waals surface area contributed by atoms with E-state index in [0.717, 1.165) is 28.3 Å². The van der Waals surface area contributed by atoms with Crippen molar-refractivity contribution < 1.29 is 9.59 Å². The van der Waals surface area contributed by atoms with Crippen LogP contribution in [0.25, 0.3) is 0 Å². The fourth-order valence-corrected chi connectivity index (χ4v) is 4.35. The number of aromatic nitrogens is 1. The molecule has 2 aromatic rings. The maximum Gasteiger partial charge on any atom is 0.262 e. The van der Waals surface area contributed by atoms with Crippen LogP contribution in [0.15, 0.2) is 34.2 Å². The Morgan fingerprint density at radius 1 is 1.26 bits per heavy atom. The summed E-state index contributed by atoms with van der Waals surface area (Å²) in [4.78, 5) is 32.0. The molecule has 6 nitrogen and oxygen atoms in total. The highest BCUT2D eigenvalue weighted by Crippen LogP contribution is 2.22. The third-order valence-corrected chi connectivity index (χ3v) is 6.14. The zero-order valence-electron chi connectivity index (χ0n) is 15.2. The molecule has 0 aromatic carbocycles. The van der Waals surface area contributed by atoms with Gasteiger partial charge in [-0.3, -0.25) is 9.59 Å². The van der Waals surface area contributed by atoms with E-state index < -0.39 is 6.04 Å². The maximum absolute atomic E-state index is 12.4. The van der Waals surface area contributed by atoms with E-state index in [4.69, 9.17) is 0 Å². The van der Waals surface area contributed by atoms with Gasteiger partial charge in [-0.1, -0.05) is 6.07 Å². The molecule has 1 saturated heterocycles. The number of hydrogen-bond acceptors (Lipinski definition) is 5. The van der Waals surface area contributed by atoms with Gasteiger partial charge in [-0.15, -0.1) is 11.3 Å². The second kappa shape index (κ2) is 9.32. The van der Waals surface area contributed by atoms with Crippen LogP contribution in [0.2, 0.25) is 0 Å². The minimum Gasteiger partial charge on any atom is -0.356 e. The minimum absolute atomic E-state index is 0.215. The Labute approximate surface area is 171 Å². The number of carbonyl (C=O) groups excluding carboxylic acids is 2. The predicted octanol–water partition coefficient (Wildman–Crippen LogP) is 3.33. The van der Waals surface area contributed by atoms with Crippen LogP contribution < -0.4 is 15.5 Å². The summed E-state index contributed by atoms with van der Waals surface area (Å²) in [6.07, 6.45) is 5.39. The first-order valence-corrected chi connectivity index (χ1v) is 10.7. The van der Waals surface area contributed by atoms with Crippen LogP contribution in [0.3, 0.4) is 0 Å². The summed E-state index contributed by atoms with van der Waals surface area (Å²) >= 11 is 4.67. The molecule has 27 heavy (non-hydrogen) atoms. The van der Waals surface area contributed by atoms with Gasteiger partial charge in [-0.25, -0.2) is 4.98 Å². The van der Waals surface area contributed by atoms with Gasteiger partial charge in [0, 0.05) is 31.4 Å². The minimum atomic E-state index is -0.617. The molecule has 2 aromatic heterocycles. The number of hydrogen-bond donors (Lipinski definition) is 2. The number of nitrogens with one attached hydrogen (secondary N) is 2. The molecule has 1 unspecified atom stereocenters. The summed E-state index contributed by atoms with van der Waals surface area (Å²) in [5.74, 6) is 0.480. The zero-order chi connectivity index (χ0) is 19.2. The quantitative estimate of drug-likeness (QED) is 0.707. The zero-order valence-corrected chi connectivity index (χ0v) is 17.6. The first-order valence-electron chi connectivity index (χ1n) is 9.07. The summed E-state index contributed by atoms with van der Waals surface area (Å²) in [7, 11) is 0. The molecule has 2 N–H and O–H groups in total. The molecular weight excluding hydrogens is 428 g/mol. The molecule has 2 amide bonds. The van der Waals surface area contributed by atoms with E-state index in [-0.39, 0.29) is 11.8 Å². The van der Waals surface area contributed by atoms with E-state index >= 15 is 0 Å². The molecule has 0 aliphatic carbocycles. The van der Waals surface area contributed by atoms with Gasteiger partial charge in [0.25, 0.3) is 5.91 Å². The Balaban J connectivity index is 1.56. The van der Waals surface area contributed by atoms with Crippen LogP contribution in [0.4, 0.5) is 5.82 Å². The fraction of sp³-hybridized carbons (Fsp3) is 0.421. The maximum atomic E-state index is 12.4. The van der Waals surface area contributed by atoms with E-state index in [9.17, 15) is 9.59 Å². The second-order valence-corrected chi connectivity index (χ2v) is 9.01. The van der Waals surface area contributed by atoms with Crippen LogP contribution in [-0.2, 0) is 11.3 Å². The number of nitrogens with zero attached hydrogens (tertiary/aromatic N) is 2. The third-order valence-electron chi connectivity index (χ3n) is 4.51. The van der Waals surface area contributed by atoms with Crippen LogP contribution in [0, 0.1) is 0 Å². The van der Waals surface area contributed by atoms with Crippen LogP contribution in [0.5, 0.6) is 0 Å². The fourth-order valence-electron chi connectivity index (χ4n) is 3.06. The summed E-state index contributed by atoms with van der Waals surface area (Å²) in [6, 6.07) is 6.80. The molecule has 1 aliphatic rings. The number of anilines is 1. The van der Waals surface area contributed by atoms with Crippen molar-refractivity contribution in [2.75, 3.05) is 18.0 Å². The van der Waals surface area contributed by atoms with Gasteiger partial charge < -0.3 is 15.5 Å². The number of piperidine rings is 1. The monoisotopic (exact) mass is 450 g/mol. The normalized spacial score (nSPS) is 15.3. The van der Waals surface area contributed by atoms with Crippen molar-refractivity contribution in [3.8, 4) is 0 Å². The van der Waals surface area contributed by atoms with Crippen LogP contribution >= 0.6 is 27.3 Å². The van der Waals surface area contributed by atoms with Crippen molar-refractivity contribution in [2.45, 2.75) is 38.8 Å². The average Bonchev–Trinajstić information content (AvgIpc) is 3.13. The van der Waals surface area contributed by atoms with Crippen molar-refractivity contribution in [1.82, 2.24) is 15.6 Å². The molecule has 0 saturated carbocycles. The first-order chi connectivity index (χ1) is 13.0. The number of pyridine rings is 1. The van der Waals surface area contributed by atoms with Crippen molar-refractivity contribution >= 4 is 44.9 Å². The van der Waals surface area contributed by atoms with Gasteiger partial charge in [0.1, 0.15) is 11.9 Å². The second-order valence-electron chi connectivity index (χ2n) is 6.55. The Morgan fingerprint density at radius 2 is 2.04 bits per heavy atom. The highest BCUT2D eigenvalue weighted by atomic mass is 79.9. The van der Waals surface area contributed by atoms with Crippen molar-refractivity contribution in [3.05, 3.63) is 44.7 Å². The van der Waals surface area contributed by atoms with Crippen LogP contribution in [-0.4, -0.2) is 35.9 Å². The first kappa shape index (κ1) is 19.8. The molecule has 1 fully saturated rings. The van der Waals surface area contributed by atoms with Gasteiger partial charge in [-0.2, -0.15) is 0 Å². The van der Waals surface area contributed by atoms with Gasteiger partial charge >= 0.3 is 0 Å². The van der Waals surface area contributed by atoms with Crippen molar-refractivity contribution in [3.63, 3.8) is 0 Å². The molecule has 3 heterocycles. The molecule has 0 bridgehead atoms. The third kappa shape index (κ3) is 5.29. The van der Waals surface area contributed by atoms with E-state index in [2.05, 4.69) is 36.4 Å². The number of rotatable bonds is 6. The molecule has 144 valence electrons. The van der Waals surface area contributed by atoms with E-state index in [1.54, 1.807) is 19.2 Å². The average molecular weight is 451 g/mol. The summed E-state index contributed by atoms with van der Waals surface area (Å²) < 4.78 is 0.881. The van der Waals surface area contributed by atoms with Gasteiger partial charge in [0.05, 0.1) is 8.66 Å². The van der Waals surface area contributed by atoms with Crippen LogP contribution in [0.1, 0.15) is 41.4 Å². The highest BCUT2D eigenvalue weighted by Gasteiger charge is 2.19. The topological polar surface area (TPSA) is 74.3 Å². The summed E-state index contributed by atoms with van der Waals surface area (Å²) in [5.41, 5.74) is 0.994. The van der Waals surface area contributed by atoms with Gasteiger partial charge in [0.2, 0.25) is 5.91 Å². The van der Waals surface area contributed by atoms with Gasteiger partial charge in [0.15, 0.2) is 0 Å². The Bertz CT molecular complexity index is 805. The Kier molecular flexibility index (Phi) is 6.84. The molecule has 3 rings (SSSR count). The lowest BCUT2D eigenvalue weighted by Gasteiger charge is -2.29. The van der Waals surface area contributed by atoms with Gasteiger partial charge in [-0.05, 0) is 60.3 Å². The summed E-state index contributed by atoms with van der Waals surface area (Å²) in [5, 5.41) is 5.65. The number of halogens is 1. The van der Waals surface area contributed by atoms with E-state index in [1.807, 2.05) is 18.2 Å². The molecule has 8 heteroatoms. The number of amides is 2. The predicted molar refractivity (Wildman–Crippen MR) is 111 cm³/mol. The molecule has 1 atom stereocenters. The van der Waals surface area contributed by atoms with Crippen molar-refractivity contribution in [1.29, 1.82) is 0 Å². The molecule has 1 aliphatic heterocycles. The van der Waals surface area contributed by atoms with E-state index in [0.29, 0.717) is 11.4 Å². The van der Waals surface area contributed by atoms with E-state index in [1.165, 1.54) is 30.6 Å². The lowest BCUT2D eigenvalue weighted by molar-refractivity contribution is -0.122. The largest absolute Gasteiger partial charge is 0.356 e. The SMILES string of the molecule is CC(NC(=O)c1ccc(Br)s1)C(=O)NCc1cccnc1N1CCCCC1.